The highest BCUT2D eigenvalue weighted by molar-refractivity contribution is 5.45. The third kappa shape index (κ3) is 4.54. The predicted octanol–water partition coefficient (Wildman–Crippen LogP) is 3.88. The van der Waals surface area contributed by atoms with Crippen LogP contribution in [0.1, 0.15) is 45.6 Å². The van der Waals surface area contributed by atoms with Crippen LogP contribution in [0.3, 0.4) is 0 Å². The molecule has 0 aliphatic carbocycles. The lowest BCUT2D eigenvalue weighted by Gasteiger charge is -2.26. The molecular formula is C17H28N2. The van der Waals surface area contributed by atoms with Crippen LogP contribution in [0.2, 0.25) is 0 Å². The third-order valence-electron chi connectivity index (χ3n) is 3.96. The zero-order chi connectivity index (χ0) is 13.7. The largest absolute Gasteiger partial charge is 0.384 e. The number of likely N-dealkylation sites (tertiary alicyclic amines) is 1. The first-order valence-corrected chi connectivity index (χ1v) is 7.62. The van der Waals surface area contributed by atoms with E-state index in [4.69, 9.17) is 0 Å². The van der Waals surface area contributed by atoms with Gasteiger partial charge in [0.15, 0.2) is 0 Å². The van der Waals surface area contributed by atoms with E-state index in [9.17, 15) is 0 Å². The Bertz CT molecular complexity index is 369. The Hall–Kier alpha value is -1.02. The van der Waals surface area contributed by atoms with Gasteiger partial charge in [0.2, 0.25) is 0 Å². The van der Waals surface area contributed by atoms with Crippen LogP contribution in [-0.4, -0.2) is 31.1 Å². The van der Waals surface area contributed by atoms with Gasteiger partial charge < -0.3 is 10.2 Å². The average molecular weight is 260 g/mol. The summed E-state index contributed by atoms with van der Waals surface area (Å²) in [6, 6.07) is 8.89. The molecule has 0 spiro atoms. The van der Waals surface area contributed by atoms with Gasteiger partial charge in [-0.15, -0.1) is 0 Å². The van der Waals surface area contributed by atoms with Crippen LogP contribution >= 0.6 is 0 Å². The fourth-order valence-corrected chi connectivity index (χ4v) is 2.63. The maximum Gasteiger partial charge on any atom is 0.0340 e. The van der Waals surface area contributed by atoms with Crippen molar-refractivity contribution in [1.82, 2.24) is 4.90 Å². The molecule has 0 amide bonds. The Morgan fingerprint density at radius 1 is 1.00 bits per heavy atom. The molecule has 2 heteroatoms. The summed E-state index contributed by atoms with van der Waals surface area (Å²) in [5, 5.41) is 3.53. The van der Waals surface area contributed by atoms with Gasteiger partial charge in [0.1, 0.15) is 0 Å². The molecule has 2 nitrogen and oxygen atoms in total. The van der Waals surface area contributed by atoms with Crippen molar-refractivity contribution in [3.8, 4) is 0 Å². The van der Waals surface area contributed by atoms with E-state index in [0.717, 1.165) is 6.54 Å². The summed E-state index contributed by atoms with van der Waals surface area (Å²) < 4.78 is 0. The molecule has 0 unspecified atom stereocenters. The first-order chi connectivity index (χ1) is 9.05. The molecule has 1 heterocycles. The van der Waals surface area contributed by atoms with E-state index < -0.39 is 0 Å². The minimum absolute atomic E-state index is 0.242. The summed E-state index contributed by atoms with van der Waals surface area (Å²) in [7, 11) is 0. The second-order valence-corrected chi connectivity index (χ2v) is 6.66. The van der Waals surface area contributed by atoms with Gasteiger partial charge in [0.05, 0.1) is 0 Å². The van der Waals surface area contributed by atoms with E-state index in [1.54, 1.807) is 0 Å². The normalized spacial score (nSPS) is 17.4. The molecule has 106 valence electrons. The predicted molar refractivity (Wildman–Crippen MR) is 83.9 cm³/mol. The summed E-state index contributed by atoms with van der Waals surface area (Å²) >= 11 is 0. The highest BCUT2D eigenvalue weighted by atomic mass is 15.1. The number of rotatable bonds is 4. The van der Waals surface area contributed by atoms with Gasteiger partial charge in [-0.05, 0) is 49.0 Å². The Morgan fingerprint density at radius 2 is 1.63 bits per heavy atom. The third-order valence-corrected chi connectivity index (χ3v) is 3.96. The van der Waals surface area contributed by atoms with Crippen molar-refractivity contribution in [2.45, 2.75) is 45.4 Å². The maximum absolute atomic E-state index is 3.53. The van der Waals surface area contributed by atoms with Crippen LogP contribution in [0.5, 0.6) is 0 Å². The molecule has 0 aromatic heterocycles. The van der Waals surface area contributed by atoms with Crippen molar-refractivity contribution in [3.05, 3.63) is 29.8 Å². The molecule has 1 saturated heterocycles. The summed E-state index contributed by atoms with van der Waals surface area (Å²) in [5.41, 5.74) is 2.88. The molecule has 1 aliphatic heterocycles. The van der Waals surface area contributed by atoms with Gasteiger partial charge >= 0.3 is 0 Å². The SMILES string of the molecule is CC(C)(C)c1ccc(NCCN2CCCCC2)cc1. The molecular weight excluding hydrogens is 232 g/mol. The maximum atomic E-state index is 3.53. The van der Waals surface area contributed by atoms with Gasteiger partial charge in [0.25, 0.3) is 0 Å². The molecule has 1 N–H and O–H groups in total. The molecule has 1 aromatic rings. The van der Waals surface area contributed by atoms with Crippen LogP contribution < -0.4 is 5.32 Å². The lowest BCUT2D eigenvalue weighted by Crippen LogP contribution is -2.33. The Kier molecular flexibility index (Phi) is 4.87. The highest BCUT2D eigenvalue weighted by Crippen LogP contribution is 2.23. The molecule has 1 aromatic carbocycles. The summed E-state index contributed by atoms with van der Waals surface area (Å²) in [6.45, 7) is 11.6. The van der Waals surface area contributed by atoms with E-state index in [-0.39, 0.29) is 5.41 Å². The quantitative estimate of drug-likeness (QED) is 0.883. The van der Waals surface area contributed by atoms with Crippen LogP contribution in [0.15, 0.2) is 24.3 Å². The van der Waals surface area contributed by atoms with Crippen LogP contribution in [0.4, 0.5) is 5.69 Å². The number of piperidine rings is 1. The van der Waals surface area contributed by atoms with Gasteiger partial charge in [0, 0.05) is 18.8 Å². The molecule has 1 aliphatic rings. The number of anilines is 1. The standard InChI is InChI=1S/C17H28N2/c1-17(2,3)15-7-9-16(10-8-15)18-11-14-19-12-5-4-6-13-19/h7-10,18H,4-6,11-14H2,1-3H3. The molecule has 0 atom stereocenters. The molecule has 0 saturated carbocycles. The zero-order valence-electron chi connectivity index (χ0n) is 12.7. The van der Waals surface area contributed by atoms with E-state index in [2.05, 4.69) is 55.3 Å². The van der Waals surface area contributed by atoms with Crippen LogP contribution in [0.25, 0.3) is 0 Å². The monoisotopic (exact) mass is 260 g/mol. The zero-order valence-corrected chi connectivity index (χ0v) is 12.7. The molecule has 1 fully saturated rings. The Balaban J connectivity index is 1.76. The smallest absolute Gasteiger partial charge is 0.0340 e. The van der Waals surface area contributed by atoms with Crippen molar-refractivity contribution in [3.63, 3.8) is 0 Å². The fourth-order valence-electron chi connectivity index (χ4n) is 2.63. The van der Waals surface area contributed by atoms with Crippen molar-refractivity contribution < 1.29 is 0 Å². The number of benzene rings is 1. The van der Waals surface area contributed by atoms with E-state index in [0.29, 0.717) is 0 Å². The Labute approximate surface area is 118 Å². The highest BCUT2D eigenvalue weighted by Gasteiger charge is 2.13. The average Bonchev–Trinajstić information content (AvgIpc) is 2.39. The molecule has 0 bridgehead atoms. The molecule has 2 rings (SSSR count). The van der Waals surface area contributed by atoms with Gasteiger partial charge in [-0.2, -0.15) is 0 Å². The lowest BCUT2D eigenvalue weighted by molar-refractivity contribution is 0.237. The second kappa shape index (κ2) is 6.42. The number of hydrogen-bond donors (Lipinski definition) is 1. The summed E-state index contributed by atoms with van der Waals surface area (Å²) in [5.74, 6) is 0. The minimum Gasteiger partial charge on any atom is -0.384 e. The van der Waals surface area contributed by atoms with Gasteiger partial charge in [-0.1, -0.05) is 39.3 Å². The van der Waals surface area contributed by atoms with Crippen LogP contribution in [-0.2, 0) is 5.41 Å². The summed E-state index contributed by atoms with van der Waals surface area (Å²) in [6.07, 6.45) is 4.17. The van der Waals surface area contributed by atoms with Crippen molar-refractivity contribution in [1.29, 1.82) is 0 Å². The van der Waals surface area contributed by atoms with E-state index in [1.807, 2.05) is 0 Å². The first-order valence-electron chi connectivity index (χ1n) is 7.62. The van der Waals surface area contributed by atoms with Gasteiger partial charge in [-0.3, -0.25) is 0 Å². The van der Waals surface area contributed by atoms with Crippen molar-refractivity contribution in [2.75, 3.05) is 31.5 Å². The van der Waals surface area contributed by atoms with E-state index >= 15 is 0 Å². The number of hydrogen-bond acceptors (Lipinski definition) is 2. The fraction of sp³-hybridized carbons (Fsp3) is 0.647. The molecule has 0 radical (unpaired) electrons. The van der Waals surface area contributed by atoms with Crippen LogP contribution in [0, 0.1) is 0 Å². The molecule has 19 heavy (non-hydrogen) atoms. The summed E-state index contributed by atoms with van der Waals surface area (Å²) in [4.78, 5) is 2.57. The van der Waals surface area contributed by atoms with Crippen molar-refractivity contribution >= 4 is 5.69 Å². The second-order valence-electron chi connectivity index (χ2n) is 6.66. The topological polar surface area (TPSA) is 15.3 Å². The minimum atomic E-state index is 0.242. The Morgan fingerprint density at radius 3 is 2.21 bits per heavy atom. The van der Waals surface area contributed by atoms with Crippen molar-refractivity contribution in [2.24, 2.45) is 0 Å². The number of nitrogens with zero attached hydrogens (tertiary/aromatic N) is 1. The van der Waals surface area contributed by atoms with Gasteiger partial charge in [-0.25, -0.2) is 0 Å². The number of nitrogens with one attached hydrogen (secondary N) is 1. The lowest BCUT2D eigenvalue weighted by atomic mass is 9.87. The first kappa shape index (κ1) is 14.4. The van der Waals surface area contributed by atoms with E-state index in [1.165, 1.54) is 50.1 Å².